The number of hydrogen-bond acceptors (Lipinski definition) is 4. The highest BCUT2D eigenvalue weighted by Crippen LogP contribution is 2.31. The maximum absolute atomic E-state index is 11.5. The highest BCUT2D eigenvalue weighted by atomic mass is 35.5. The van der Waals surface area contributed by atoms with Crippen molar-refractivity contribution in [1.29, 1.82) is 0 Å². The maximum Gasteiger partial charge on any atom is 0.337 e. The van der Waals surface area contributed by atoms with E-state index in [1.807, 2.05) is 24.3 Å². The van der Waals surface area contributed by atoms with Gasteiger partial charge in [-0.25, -0.2) is 4.79 Å². The first-order valence-corrected chi connectivity index (χ1v) is 7.32. The van der Waals surface area contributed by atoms with Gasteiger partial charge in [0.25, 0.3) is 0 Å². The Morgan fingerprint density at radius 3 is 2.75 bits per heavy atom. The zero-order chi connectivity index (χ0) is 14.5. The maximum atomic E-state index is 11.5. The summed E-state index contributed by atoms with van der Waals surface area (Å²) in [6.07, 6.45) is 0. The van der Waals surface area contributed by atoms with Gasteiger partial charge in [0.15, 0.2) is 0 Å². The summed E-state index contributed by atoms with van der Waals surface area (Å²) in [7, 11) is 1.36. The Labute approximate surface area is 127 Å². The van der Waals surface area contributed by atoms with Crippen molar-refractivity contribution in [3.63, 3.8) is 0 Å². The molecule has 0 aliphatic heterocycles. The van der Waals surface area contributed by atoms with Crippen molar-refractivity contribution in [2.75, 3.05) is 12.8 Å². The van der Waals surface area contributed by atoms with Gasteiger partial charge in [-0.3, -0.25) is 0 Å². The average Bonchev–Trinajstić information content (AvgIpc) is 2.47. The molecule has 0 aliphatic rings. The molecule has 0 saturated heterocycles. The molecule has 0 aromatic heterocycles. The number of methoxy groups -OCH3 is 1. The molecule has 2 aromatic carbocycles. The number of carbonyl (C=O) groups is 1. The van der Waals surface area contributed by atoms with Gasteiger partial charge in [0.05, 0.1) is 12.7 Å². The predicted molar refractivity (Wildman–Crippen MR) is 83.2 cm³/mol. The van der Waals surface area contributed by atoms with E-state index in [-0.39, 0.29) is 5.97 Å². The largest absolute Gasteiger partial charge is 0.465 e. The van der Waals surface area contributed by atoms with Crippen LogP contribution in [0.3, 0.4) is 0 Å². The van der Waals surface area contributed by atoms with Gasteiger partial charge in [0, 0.05) is 21.4 Å². The molecule has 2 aromatic rings. The number of nitrogens with two attached hydrogens (primary N) is 1. The highest BCUT2D eigenvalue weighted by Gasteiger charge is 2.09. The van der Waals surface area contributed by atoms with Gasteiger partial charge in [-0.2, -0.15) is 0 Å². The van der Waals surface area contributed by atoms with E-state index in [9.17, 15) is 4.79 Å². The van der Waals surface area contributed by atoms with Crippen molar-refractivity contribution >= 4 is 35.0 Å². The third-order valence-corrected chi connectivity index (χ3v) is 4.26. The molecule has 0 saturated carbocycles. The molecule has 0 amide bonds. The Balaban J connectivity index is 2.17. The fourth-order valence-electron chi connectivity index (χ4n) is 1.68. The van der Waals surface area contributed by atoms with Crippen LogP contribution in [-0.2, 0) is 10.5 Å². The van der Waals surface area contributed by atoms with E-state index >= 15 is 0 Å². The van der Waals surface area contributed by atoms with Crippen molar-refractivity contribution in [3.05, 3.63) is 58.6 Å². The summed E-state index contributed by atoms with van der Waals surface area (Å²) >= 11 is 7.65. The topological polar surface area (TPSA) is 52.3 Å². The first-order chi connectivity index (χ1) is 9.61. The van der Waals surface area contributed by atoms with Crippen LogP contribution in [0.1, 0.15) is 15.9 Å². The molecule has 104 valence electrons. The van der Waals surface area contributed by atoms with Gasteiger partial charge >= 0.3 is 5.97 Å². The van der Waals surface area contributed by atoms with Crippen molar-refractivity contribution in [2.45, 2.75) is 10.6 Å². The summed E-state index contributed by atoms with van der Waals surface area (Å²) in [4.78, 5) is 12.4. The number of nitrogen functional groups attached to an aromatic ring is 1. The van der Waals surface area contributed by atoms with Crippen molar-refractivity contribution < 1.29 is 9.53 Å². The van der Waals surface area contributed by atoms with Crippen LogP contribution in [0.5, 0.6) is 0 Å². The molecule has 0 bridgehead atoms. The molecule has 3 nitrogen and oxygen atoms in total. The smallest absolute Gasteiger partial charge is 0.337 e. The number of halogens is 1. The lowest BCUT2D eigenvalue weighted by Gasteiger charge is -2.08. The van der Waals surface area contributed by atoms with Crippen LogP contribution in [0, 0.1) is 0 Å². The van der Waals surface area contributed by atoms with E-state index in [4.69, 9.17) is 22.1 Å². The van der Waals surface area contributed by atoms with Gasteiger partial charge in [0.1, 0.15) is 0 Å². The number of esters is 1. The second-order valence-electron chi connectivity index (χ2n) is 4.12. The Bertz CT molecular complexity index is 631. The monoisotopic (exact) mass is 307 g/mol. The normalized spacial score (nSPS) is 10.3. The van der Waals surface area contributed by atoms with E-state index < -0.39 is 0 Å². The van der Waals surface area contributed by atoms with Crippen LogP contribution in [-0.4, -0.2) is 13.1 Å². The van der Waals surface area contributed by atoms with Gasteiger partial charge in [-0.1, -0.05) is 29.8 Å². The van der Waals surface area contributed by atoms with E-state index in [0.29, 0.717) is 17.0 Å². The Morgan fingerprint density at radius 2 is 2.05 bits per heavy atom. The lowest BCUT2D eigenvalue weighted by Crippen LogP contribution is -2.02. The molecule has 0 spiro atoms. The number of rotatable bonds is 4. The molecule has 0 radical (unpaired) electrons. The Hall–Kier alpha value is -1.65. The number of ether oxygens (including phenoxy) is 1. The number of anilines is 1. The van der Waals surface area contributed by atoms with Gasteiger partial charge in [-0.05, 0) is 29.8 Å². The molecule has 0 atom stereocenters. The molecule has 5 heteroatoms. The summed E-state index contributed by atoms with van der Waals surface area (Å²) in [5.74, 6) is 0.318. The van der Waals surface area contributed by atoms with Gasteiger partial charge in [-0.15, -0.1) is 11.8 Å². The molecule has 20 heavy (non-hydrogen) atoms. The molecule has 0 heterocycles. The van der Waals surface area contributed by atoms with Crippen LogP contribution < -0.4 is 5.73 Å². The van der Waals surface area contributed by atoms with Crippen molar-refractivity contribution in [3.8, 4) is 0 Å². The van der Waals surface area contributed by atoms with E-state index in [0.717, 1.165) is 15.5 Å². The minimum atomic E-state index is -0.371. The Morgan fingerprint density at radius 1 is 1.30 bits per heavy atom. The molecular formula is C15H14ClNO2S. The van der Waals surface area contributed by atoms with Crippen LogP contribution in [0.4, 0.5) is 5.69 Å². The second kappa shape index (κ2) is 6.68. The molecule has 0 aliphatic carbocycles. The third-order valence-electron chi connectivity index (χ3n) is 2.78. The lowest BCUT2D eigenvalue weighted by molar-refractivity contribution is 0.0600. The average molecular weight is 308 g/mol. The predicted octanol–water partition coefficient (Wildman–Crippen LogP) is 4.00. The van der Waals surface area contributed by atoms with E-state index in [2.05, 4.69) is 0 Å². The fourth-order valence-corrected chi connectivity index (χ4v) is 2.96. The van der Waals surface area contributed by atoms with Crippen molar-refractivity contribution in [2.24, 2.45) is 0 Å². The van der Waals surface area contributed by atoms with Crippen LogP contribution in [0.15, 0.2) is 47.4 Å². The first-order valence-electron chi connectivity index (χ1n) is 5.96. The van der Waals surface area contributed by atoms with Crippen LogP contribution in [0.25, 0.3) is 0 Å². The minimum Gasteiger partial charge on any atom is -0.465 e. The van der Waals surface area contributed by atoms with Crippen LogP contribution >= 0.6 is 23.4 Å². The standard InChI is InChI=1S/C15H14ClNO2S/c1-19-15(18)10-6-7-13(17)14(8-10)20-9-11-4-2-3-5-12(11)16/h2-8H,9,17H2,1H3. The Kier molecular flexibility index (Phi) is 4.93. The zero-order valence-corrected chi connectivity index (χ0v) is 12.5. The number of benzene rings is 2. The summed E-state index contributed by atoms with van der Waals surface area (Å²) in [5, 5.41) is 0.725. The van der Waals surface area contributed by atoms with E-state index in [1.165, 1.54) is 18.9 Å². The number of hydrogen-bond donors (Lipinski definition) is 1. The minimum absolute atomic E-state index is 0.371. The van der Waals surface area contributed by atoms with E-state index in [1.54, 1.807) is 18.2 Å². The van der Waals surface area contributed by atoms with Gasteiger partial charge < -0.3 is 10.5 Å². The summed E-state index contributed by atoms with van der Waals surface area (Å²) in [5.41, 5.74) is 8.08. The zero-order valence-electron chi connectivity index (χ0n) is 10.9. The molecule has 2 rings (SSSR count). The number of carbonyl (C=O) groups excluding carboxylic acids is 1. The lowest BCUT2D eigenvalue weighted by atomic mass is 10.2. The SMILES string of the molecule is COC(=O)c1ccc(N)c(SCc2ccccc2Cl)c1. The molecule has 0 fully saturated rings. The van der Waals surface area contributed by atoms with Crippen LogP contribution in [0.2, 0.25) is 5.02 Å². The second-order valence-corrected chi connectivity index (χ2v) is 5.55. The van der Waals surface area contributed by atoms with Crippen molar-refractivity contribution in [1.82, 2.24) is 0 Å². The quantitative estimate of drug-likeness (QED) is 0.527. The molecule has 2 N–H and O–H groups in total. The third kappa shape index (κ3) is 3.46. The number of thioether (sulfide) groups is 1. The summed E-state index contributed by atoms with van der Waals surface area (Å²) < 4.78 is 4.70. The van der Waals surface area contributed by atoms with Gasteiger partial charge in [0.2, 0.25) is 0 Å². The highest BCUT2D eigenvalue weighted by molar-refractivity contribution is 7.98. The first kappa shape index (κ1) is 14.8. The summed E-state index contributed by atoms with van der Waals surface area (Å²) in [6.45, 7) is 0. The summed E-state index contributed by atoms with van der Waals surface area (Å²) in [6, 6.07) is 12.8. The fraction of sp³-hybridized carbons (Fsp3) is 0.133. The molecular weight excluding hydrogens is 294 g/mol. The molecule has 0 unspecified atom stereocenters.